The summed E-state index contributed by atoms with van der Waals surface area (Å²) in [4.78, 5) is 26.6. The fourth-order valence-electron chi connectivity index (χ4n) is 3.22. The van der Waals surface area contributed by atoms with Crippen molar-refractivity contribution >= 4 is 17.6 Å². The molecule has 2 aromatic rings. The molecule has 1 fully saturated rings. The highest BCUT2D eigenvalue weighted by Gasteiger charge is 2.28. The number of carbonyl (C=O) groups is 2. The quantitative estimate of drug-likeness (QED) is 0.868. The summed E-state index contributed by atoms with van der Waals surface area (Å²) in [6, 6.07) is 19.4. The average Bonchev–Trinajstić information content (AvgIpc) is 2.69. The summed E-state index contributed by atoms with van der Waals surface area (Å²) in [6.45, 7) is 1.78. The average molecular weight is 351 g/mol. The monoisotopic (exact) mass is 351 g/mol. The van der Waals surface area contributed by atoms with Crippen LogP contribution in [0.4, 0.5) is 10.5 Å². The van der Waals surface area contributed by atoms with Gasteiger partial charge in [-0.25, -0.2) is 4.79 Å². The van der Waals surface area contributed by atoms with Crippen LogP contribution in [-0.2, 0) is 11.2 Å². The molecule has 26 heavy (non-hydrogen) atoms. The van der Waals surface area contributed by atoms with Crippen LogP contribution in [0.25, 0.3) is 0 Å². The minimum Gasteiger partial charge on any atom is -0.355 e. The third-order valence-corrected chi connectivity index (χ3v) is 4.66. The van der Waals surface area contributed by atoms with Crippen molar-refractivity contribution < 1.29 is 9.59 Å². The fraction of sp³-hybridized carbons (Fsp3) is 0.333. The lowest BCUT2D eigenvalue weighted by Crippen LogP contribution is -2.47. The van der Waals surface area contributed by atoms with Crippen molar-refractivity contribution in [2.45, 2.75) is 19.3 Å². The van der Waals surface area contributed by atoms with E-state index in [4.69, 9.17) is 0 Å². The molecule has 0 aromatic heterocycles. The number of hydrogen-bond acceptors (Lipinski definition) is 2. The van der Waals surface area contributed by atoms with Gasteiger partial charge in [0.1, 0.15) is 0 Å². The van der Waals surface area contributed by atoms with E-state index >= 15 is 0 Å². The number of nitrogens with zero attached hydrogens (tertiary/aromatic N) is 1. The van der Waals surface area contributed by atoms with Crippen LogP contribution in [-0.4, -0.2) is 36.5 Å². The van der Waals surface area contributed by atoms with Crippen LogP contribution >= 0.6 is 0 Å². The molecule has 1 aliphatic rings. The van der Waals surface area contributed by atoms with E-state index < -0.39 is 0 Å². The first-order valence-corrected chi connectivity index (χ1v) is 9.15. The maximum Gasteiger partial charge on any atom is 0.321 e. The first-order valence-electron chi connectivity index (χ1n) is 9.15. The minimum absolute atomic E-state index is 0.0399. The van der Waals surface area contributed by atoms with E-state index in [9.17, 15) is 9.59 Å². The van der Waals surface area contributed by atoms with Gasteiger partial charge in [-0.05, 0) is 37.0 Å². The first-order chi connectivity index (χ1) is 12.7. The van der Waals surface area contributed by atoms with Crippen molar-refractivity contribution in [1.82, 2.24) is 10.2 Å². The van der Waals surface area contributed by atoms with Gasteiger partial charge in [-0.3, -0.25) is 4.79 Å². The summed E-state index contributed by atoms with van der Waals surface area (Å²) in [5.41, 5.74) is 1.98. The molecule has 1 aliphatic heterocycles. The van der Waals surface area contributed by atoms with Crippen LogP contribution in [0, 0.1) is 5.92 Å². The SMILES string of the molecule is O=C(NCCc1ccccc1)[C@@H]1CCCN(C(=O)Nc2ccccc2)C1. The fourth-order valence-corrected chi connectivity index (χ4v) is 3.22. The Morgan fingerprint density at radius 1 is 1.00 bits per heavy atom. The van der Waals surface area contributed by atoms with E-state index in [0.29, 0.717) is 19.6 Å². The molecule has 5 heteroatoms. The summed E-state index contributed by atoms with van der Waals surface area (Å²) >= 11 is 0. The van der Waals surface area contributed by atoms with Crippen LogP contribution in [0.2, 0.25) is 0 Å². The van der Waals surface area contributed by atoms with E-state index in [-0.39, 0.29) is 17.9 Å². The van der Waals surface area contributed by atoms with Crippen molar-refractivity contribution in [3.8, 4) is 0 Å². The zero-order valence-corrected chi connectivity index (χ0v) is 14.9. The van der Waals surface area contributed by atoms with Gasteiger partial charge in [-0.1, -0.05) is 48.5 Å². The molecule has 0 saturated carbocycles. The number of likely N-dealkylation sites (tertiary alicyclic amines) is 1. The van der Waals surface area contributed by atoms with Gasteiger partial charge in [0.05, 0.1) is 5.92 Å². The predicted octanol–water partition coefficient (Wildman–Crippen LogP) is 3.29. The number of anilines is 1. The maximum atomic E-state index is 12.4. The van der Waals surface area contributed by atoms with Crippen molar-refractivity contribution in [1.29, 1.82) is 0 Å². The molecule has 3 amide bonds. The summed E-state index contributed by atoms with van der Waals surface area (Å²) in [5.74, 6) is -0.0980. The molecule has 2 N–H and O–H groups in total. The highest BCUT2D eigenvalue weighted by atomic mass is 16.2. The molecular formula is C21H25N3O2. The number of para-hydroxylation sites is 1. The second-order valence-electron chi connectivity index (χ2n) is 6.61. The second-order valence-corrected chi connectivity index (χ2v) is 6.61. The molecule has 0 radical (unpaired) electrons. The van der Waals surface area contributed by atoms with Crippen molar-refractivity contribution in [3.63, 3.8) is 0 Å². The molecule has 0 bridgehead atoms. The van der Waals surface area contributed by atoms with E-state index in [1.807, 2.05) is 48.5 Å². The zero-order chi connectivity index (χ0) is 18.2. The zero-order valence-electron chi connectivity index (χ0n) is 14.9. The minimum atomic E-state index is -0.141. The van der Waals surface area contributed by atoms with Crippen LogP contribution in [0.1, 0.15) is 18.4 Å². The second kappa shape index (κ2) is 9.04. The molecule has 0 spiro atoms. The number of carbonyl (C=O) groups excluding carboxylic acids is 2. The number of rotatable bonds is 5. The van der Waals surface area contributed by atoms with E-state index in [0.717, 1.165) is 24.9 Å². The Labute approximate surface area is 154 Å². The van der Waals surface area contributed by atoms with E-state index in [1.54, 1.807) is 4.90 Å². The van der Waals surface area contributed by atoms with Crippen LogP contribution in [0.3, 0.4) is 0 Å². The molecule has 1 heterocycles. The Morgan fingerprint density at radius 3 is 2.42 bits per heavy atom. The summed E-state index contributed by atoms with van der Waals surface area (Å²) in [7, 11) is 0. The van der Waals surface area contributed by atoms with E-state index in [1.165, 1.54) is 5.56 Å². The molecule has 1 saturated heterocycles. The lowest BCUT2D eigenvalue weighted by Gasteiger charge is -2.32. The molecule has 136 valence electrons. The van der Waals surface area contributed by atoms with Crippen molar-refractivity contribution in [2.24, 2.45) is 5.92 Å². The normalized spacial score (nSPS) is 16.8. The Balaban J connectivity index is 1.46. The Kier molecular flexibility index (Phi) is 6.25. The summed E-state index contributed by atoms with van der Waals surface area (Å²) in [6.07, 6.45) is 2.49. The van der Waals surface area contributed by atoms with Crippen molar-refractivity contribution in [3.05, 3.63) is 66.2 Å². The van der Waals surface area contributed by atoms with Gasteiger partial charge >= 0.3 is 6.03 Å². The van der Waals surface area contributed by atoms with Gasteiger partial charge in [0, 0.05) is 25.3 Å². The summed E-state index contributed by atoms with van der Waals surface area (Å²) in [5, 5.41) is 5.90. The van der Waals surface area contributed by atoms with E-state index in [2.05, 4.69) is 22.8 Å². The topological polar surface area (TPSA) is 61.4 Å². The maximum absolute atomic E-state index is 12.4. The standard InChI is InChI=1S/C21H25N3O2/c25-20(22-14-13-17-8-3-1-4-9-17)18-10-7-15-24(16-18)21(26)23-19-11-5-2-6-12-19/h1-6,8-9,11-12,18H,7,10,13-16H2,(H,22,25)(H,23,26)/t18-/m1/s1. The van der Waals surface area contributed by atoms with Gasteiger partial charge in [0.15, 0.2) is 0 Å². The molecular weight excluding hydrogens is 326 g/mol. The molecule has 3 rings (SSSR count). The predicted molar refractivity (Wildman–Crippen MR) is 103 cm³/mol. The largest absolute Gasteiger partial charge is 0.355 e. The van der Waals surface area contributed by atoms with Crippen LogP contribution in [0.5, 0.6) is 0 Å². The lowest BCUT2D eigenvalue weighted by atomic mass is 9.97. The lowest BCUT2D eigenvalue weighted by molar-refractivity contribution is -0.126. The molecule has 5 nitrogen and oxygen atoms in total. The molecule has 1 atom stereocenters. The Morgan fingerprint density at radius 2 is 1.69 bits per heavy atom. The highest BCUT2D eigenvalue weighted by Crippen LogP contribution is 2.18. The number of nitrogens with one attached hydrogen (secondary N) is 2. The van der Waals surface area contributed by atoms with Gasteiger partial charge in [0.25, 0.3) is 0 Å². The highest BCUT2D eigenvalue weighted by molar-refractivity contribution is 5.90. The van der Waals surface area contributed by atoms with Crippen LogP contribution in [0.15, 0.2) is 60.7 Å². The van der Waals surface area contributed by atoms with Gasteiger partial charge < -0.3 is 15.5 Å². The van der Waals surface area contributed by atoms with Crippen LogP contribution < -0.4 is 10.6 Å². The summed E-state index contributed by atoms with van der Waals surface area (Å²) < 4.78 is 0. The first kappa shape index (κ1) is 18.0. The third kappa shape index (κ3) is 5.09. The number of hydrogen-bond donors (Lipinski definition) is 2. The number of urea groups is 1. The molecule has 0 aliphatic carbocycles. The Hall–Kier alpha value is -2.82. The molecule has 0 unspecified atom stereocenters. The Bertz CT molecular complexity index is 719. The number of benzene rings is 2. The molecule has 2 aromatic carbocycles. The van der Waals surface area contributed by atoms with Gasteiger partial charge in [-0.2, -0.15) is 0 Å². The smallest absolute Gasteiger partial charge is 0.321 e. The number of piperidine rings is 1. The van der Waals surface area contributed by atoms with Crippen molar-refractivity contribution in [2.75, 3.05) is 25.0 Å². The third-order valence-electron chi connectivity index (χ3n) is 4.66. The van der Waals surface area contributed by atoms with Gasteiger partial charge in [-0.15, -0.1) is 0 Å². The number of amides is 3. The van der Waals surface area contributed by atoms with Gasteiger partial charge in [0.2, 0.25) is 5.91 Å².